The van der Waals surface area contributed by atoms with Crippen molar-refractivity contribution >= 4 is 17.2 Å². The maximum atomic E-state index is 13.2. The fourth-order valence-electron chi connectivity index (χ4n) is 3.76. The van der Waals surface area contributed by atoms with E-state index < -0.39 is 0 Å². The third-order valence-electron chi connectivity index (χ3n) is 4.98. The molecule has 0 unspecified atom stereocenters. The van der Waals surface area contributed by atoms with Crippen molar-refractivity contribution in [2.75, 3.05) is 19.7 Å². The highest BCUT2D eigenvalue weighted by Crippen LogP contribution is 2.36. The van der Waals surface area contributed by atoms with Gasteiger partial charge >= 0.3 is 0 Å². The SMILES string of the molecule is Cc1csc([C@H]2CCCN(C(=O)[C@H]3CCOc4ccccc43)C2)n1. The molecule has 4 rings (SSSR count). The average molecular weight is 342 g/mol. The molecule has 1 aromatic heterocycles. The molecular formula is C19H22N2O2S. The standard InChI is InChI=1S/C19H22N2O2S/c1-13-12-24-18(20-13)14-5-4-9-21(11-14)19(22)16-8-10-23-17-7-3-2-6-15(16)17/h2-3,6-7,12,14,16H,4-5,8-11H2,1H3/t14-,16-/m0/s1. The Morgan fingerprint density at radius 1 is 1.33 bits per heavy atom. The third-order valence-corrected chi connectivity index (χ3v) is 6.10. The number of amides is 1. The van der Waals surface area contributed by atoms with Gasteiger partial charge in [-0.15, -0.1) is 11.3 Å². The molecule has 0 radical (unpaired) electrons. The average Bonchev–Trinajstić information content (AvgIpc) is 3.07. The van der Waals surface area contributed by atoms with E-state index >= 15 is 0 Å². The molecule has 1 saturated heterocycles. The highest BCUT2D eigenvalue weighted by Gasteiger charge is 2.34. The molecule has 1 amide bonds. The van der Waals surface area contributed by atoms with Gasteiger partial charge in [0.05, 0.1) is 17.5 Å². The van der Waals surface area contributed by atoms with Gasteiger partial charge in [0.15, 0.2) is 0 Å². The molecule has 24 heavy (non-hydrogen) atoms. The highest BCUT2D eigenvalue weighted by molar-refractivity contribution is 7.09. The van der Waals surface area contributed by atoms with Gasteiger partial charge in [-0.3, -0.25) is 4.79 Å². The number of thiazole rings is 1. The van der Waals surface area contributed by atoms with Crippen LogP contribution in [0.4, 0.5) is 0 Å². The third kappa shape index (κ3) is 2.93. The van der Waals surface area contributed by atoms with Crippen LogP contribution in [0.25, 0.3) is 0 Å². The van der Waals surface area contributed by atoms with E-state index in [4.69, 9.17) is 4.74 Å². The van der Waals surface area contributed by atoms with E-state index in [1.807, 2.05) is 31.2 Å². The van der Waals surface area contributed by atoms with Crippen molar-refractivity contribution in [2.45, 2.75) is 38.0 Å². The summed E-state index contributed by atoms with van der Waals surface area (Å²) < 4.78 is 5.71. The molecule has 4 nitrogen and oxygen atoms in total. The summed E-state index contributed by atoms with van der Waals surface area (Å²) in [6.07, 6.45) is 2.95. The Morgan fingerprint density at radius 3 is 3.04 bits per heavy atom. The van der Waals surface area contributed by atoms with Crippen LogP contribution < -0.4 is 4.74 Å². The molecule has 5 heteroatoms. The smallest absolute Gasteiger partial charge is 0.230 e. The second-order valence-corrected chi connectivity index (χ2v) is 7.57. The van der Waals surface area contributed by atoms with Crippen LogP contribution in [0, 0.1) is 6.92 Å². The number of carbonyl (C=O) groups is 1. The van der Waals surface area contributed by atoms with Crippen LogP contribution in [0.15, 0.2) is 29.6 Å². The summed E-state index contributed by atoms with van der Waals surface area (Å²) in [6.45, 7) is 4.31. The van der Waals surface area contributed by atoms with E-state index in [0.29, 0.717) is 12.5 Å². The van der Waals surface area contributed by atoms with Crippen molar-refractivity contribution in [3.8, 4) is 5.75 Å². The Morgan fingerprint density at radius 2 is 2.21 bits per heavy atom. The second kappa shape index (κ2) is 6.55. The van der Waals surface area contributed by atoms with Crippen molar-refractivity contribution in [1.29, 1.82) is 0 Å². The summed E-state index contributed by atoms with van der Waals surface area (Å²) in [5, 5.41) is 3.28. The molecule has 2 atom stereocenters. The minimum atomic E-state index is -0.0632. The van der Waals surface area contributed by atoms with E-state index in [-0.39, 0.29) is 11.8 Å². The number of likely N-dealkylation sites (tertiary alicyclic amines) is 1. The van der Waals surface area contributed by atoms with Crippen molar-refractivity contribution in [3.05, 3.63) is 45.9 Å². The van der Waals surface area contributed by atoms with Crippen LogP contribution in [-0.2, 0) is 4.79 Å². The van der Waals surface area contributed by atoms with Gasteiger partial charge in [-0.2, -0.15) is 0 Å². The molecule has 3 heterocycles. The number of hydrogen-bond donors (Lipinski definition) is 0. The quantitative estimate of drug-likeness (QED) is 0.835. The summed E-state index contributed by atoms with van der Waals surface area (Å²) in [4.78, 5) is 19.8. The molecule has 1 aromatic carbocycles. The lowest BCUT2D eigenvalue weighted by atomic mass is 9.90. The van der Waals surface area contributed by atoms with Crippen molar-refractivity contribution in [1.82, 2.24) is 9.88 Å². The van der Waals surface area contributed by atoms with E-state index in [0.717, 1.165) is 49.4 Å². The van der Waals surface area contributed by atoms with Crippen LogP contribution in [0.1, 0.15) is 47.4 Å². The number of piperidine rings is 1. The monoisotopic (exact) mass is 342 g/mol. The van der Waals surface area contributed by atoms with Crippen molar-refractivity contribution in [3.63, 3.8) is 0 Å². The molecule has 0 N–H and O–H groups in total. The van der Waals surface area contributed by atoms with Crippen molar-refractivity contribution in [2.24, 2.45) is 0 Å². The summed E-state index contributed by atoms with van der Waals surface area (Å²) in [5.74, 6) is 1.44. The molecule has 0 bridgehead atoms. The Bertz CT molecular complexity index is 742. The summed E-state index contributed by atoms with van der Waals surface area (Å²) in [7, 11) is 0. The number of para-hydroxylation sites is 1. The lowest BCUT2D eigenvalue weighted by Gasteiger charge is -2.35. The summed E-state index contributed by atoms with van der Waals surface area (Å²) >= 11 is 1.72. The van der Waals surface area contributed by atoms with Gasteiger partial charge in [0.25, 0.3) is 0 Å². The zero-order valence-electron chi connectivity index (χ0n) is 13.9. The van der Waals surface area contributed by atoms with Gasteiger partial charge in [-0.1, -0.05) is 18.2 Å². The number of rotatable bonds is 2. The summed E-state index contributed by atoms with van der Waals surface area (Å²) in [5.41, 5.74) is 2.12. The number of aromatic nitrogens is 1. The first kappa shape index (κ1) is 15.6. The number of benzene rings is 1. The van der Waals surface area contributed by atoms with Gasteiger partial charge in [-0.05, 0) is 32.3 Å². The first-order valence-electron chi connectivity index (χ1n) is 8.65. The van der Waals surface area contributed by atoms with Gasteiger partial charge in [-0.25, -0.2) is 4.98 Å². The minimum absolute atomic E-state index is 0.0632. The first-order valence-corrected chi connectivity index (χ1v) is 9.53. The fourth-order valence-corrected chi connectivity index (χ4v) is 4.68. The zero-order valence-corrected chi connectivity index (χ0v) is 14.7. The minimum Gasteiger partial charge on any atom is -0.493 e. The van der Waals surface area contributed by atoms with Crippen LogP contribution in [0.5, 0.6) is 5.75 Å². The van der Waals surface area contributed by atoms with Crippen LogP contribution in [0.3, 0.4) is 0 Å². The van der Waals surface area contributed by atoms with Gasteiger partial charge in [0, 0.05) is 35.6 Å². The Balaban J connectivity index is 1.52. The van der Waals surface area contributed by atoms with Gasteiger partial charge in [0.1, 0.15) is 5.75 Å². The number of ether oxygens (including phenoxy) is 1. The predicted octanol–water partition coefficient (Wildman–Crippen LogP) is 3.72. The number of fused-ring (bicyclic) bond motifs is 1. The molecule has 0 aliphatic carbocycles. The zero-order chi connectivity index (χ0) is 16.5. The lowest BCUT2D eigenvalue weighted by Crippen LogP contribution is -2.42. The lowest BCUT2D eigenvalue weighted by molar-refractivity contribution is -0.134. The summed E-state index contributed by atoms with van der Waals surface area (Å²) in [6, 6.07) is 7.95. The molecule has 126 valence electrons. The molecule has 2 aliphatic rings. The molecule has 2 aliphatic heterocycles. The number of nitrogens with zero attached hydrogens (tertiary/aromatic N) is 2. The first-order chi connectivity index (χ1) is 11.7. The van der Waals surface area contributed by atoms with Crippen LogP contribution >= 0.6 is 11.3 Å². The fraction of sp³-hybridized carbons (Fsp3) is 0.474. The van der Waals surface area contributed by atoms with E-state index in [1.54, 1.807) is 11.3 Å². The molecule has 0 saturated carbocycles. The van der Waals surface area contributed by atoms with Gasteiger partial charge < -0.3 is 9.64 Å². The van der Waals surface area contributed by atoms with Crippen LogP contribution in [-0.4, -0.2) is 35.5 Å². The van der Waals surface area contributed by atoms with E-state index in [9.17, 15) is 4.79 Å². The van der Waals surface area contributed by atoms with Crippen molar-refractivity contribution < 1.29 is 9.53 Å². The molecular weight excluding hydrogens is 320 g/mol. The number of aryl methyl sites for hydroxylation is 1. The molecule has 1 fully saturated rings. The Kier molecular flexibility index (Phi) is 4.27. The highest BCUT2D eigenvalue weighted by atomic mass is 32.1. The normalized spacial score (nSPS) is 23.5. The van der Waals surface area contributed by atoms with Gasteiger partial charge in [0.2, 0.25) is 5.91 Å². The second-order valence-electron chi connectivity index (χ2n) is 6.68. The Labute approximate surface area is 146 Å². The topological polar surface area (TPSA) is 42.4 Å². The largest absolute Gasteiger partial charge is 0.493 e. The van der Waals surface area contributed by atoms with E-state index in [2.05, 4.69) is 15.3 Å². The maximum absolute atomic E-state index is 13.2. The molecule has 2 aromatic rings. The van der Waals surface area contributed by atoms with E-state index in [1.165, 1.54) is 5.01 Å². The number of hydrogen-bond acceptors (Lipinski definition) is 4. The predicted molar refractivity (Wildman–Crippen MR) is 94.7 cm³/mol. The van der Waals surface area contributed by atoms with Crippen LogP contribution in [0.2, 0.25) is 0 Å². The number of carbonyl (C=O) groups excluding carboxylic acids is 1. The Hall–Kier alpha value is -1.88. The maximum Gasteiger partial charge on any atom is 0.230 e. The molecule has 0 spiro atoms.